The second-order valence-electron chi connectivity index (χ2n) is 3.70. The van der Waals surface area contributed by atoms with Crippen molar-refractivity contribution in [1.82, 2.24) is 0 Å². The van der Waals surface area contributed by atoms with Gasteiger partial charge in [-0.2, -0.15) is 0 Å². The largest absolute Gasteiger partial charge is 0.398 e. The first-order valence-corrected chi connectivity index (χ1v) is 6.35. The van der Waals surface area contributed by atoms with Crippen molar-refractivity contribution >= 4 is 44.8 Å². The number of nitrogens with two attached hydrogens (primary N) is 1. The number of carbonyl (C=O) groups is 1. The zero-order valence-corrected chi connectivity index (χ0v) is 11.6. The van der Waals surface area contributed by atoms with E-state index in [-0.39, 0.29) is 5.91 Å². The van der Waals surface area contributed by atoms with Crippen molar-refractivity contribution in [3.05, 3.63) is 57.5 Å². The lowest BCUT2D eigenvalue weighted by Gasteiger charge is -2.08. The van der Waals surface area contributed by atoms with Gasteiger partial charge in [-0.1, -0.05) is 33.6 Å². The Kier molecular flexibility index (Phi) is 3.89. The van der Waals surface area contributed by atoms with Gasteiger partial charge in [0.1, 0.15) is 0 Å². The van der Waals surface area contributed by atoms with Gasteiger partial charge in [0, 0.05) is 20.9 Å². The number of amides is 1. The molecule has 5 heteroatoms. The maximum atomic E-state index is 12.0. The van der Waals surface area contributed by atoms with Crippen LogP contribution < -0.4 is 11.1 Å². The Morgan fingerprint density at radius 1 is 1.22 bits per heavy atom. The monoisotopic (exact) mass is 324 g/mol. The molecule has 0 aromatic heterocycles. The van der Waals surface area contributed by atoms with Gasteiger partial charge in [0.05, 0.1) is 5.56 Å². The molecular formula is C13H10BrClN2O. The number of rotatable bonds is 2. The third-order valence-electron chi connectivity index (χ3n) is 2.34. The Hall–Kier alpha value is -1.52. The van der Waals surface area contributed by atoms with Crippen LogP contribution in [0, 0.1) is 0 Å². The summed E-state index contributed by atoms with van der Waals surface area (Å²) >= 11 is 9.12. The zero-order chi connectivity index (χ0) is 13.1. The molecule has 0 spiro atoms. The molecular weight excluding hydrogens is 316 g/mol. The van der Waals surface area contributed by atoms with E-state index < -0.39 is 0 Å². The van der Waals surface area contributed by atoms with E-state index in [4.69, 9.17) is 17.3 Å². The molecule has 1 amide bonds. The fourth-order valence-corrected chi connectivity index (χ4v) is 2.08. The molecule has 92 valence electrons. The van der Waals surface area contributed by atoms with Crippen molar-refractivity contribution in [2.24, 2.45) is 0 Å². The lowest BCUT2D eigenvalue weighted by atomic mass is 10.1. The van der Waals surface area contributed by atoms with Gasteiger partial charge in [0.15, 0.2) is 0 Å². The highest BCUT2D eigenvalue weighted by atomic mass is 79.9. The van der Waals surface area contributed by atoms with Gasteiger partial charge in [-0.3, -0.25) is 4.79 Å². The summed E-state index contributed by atoms with van der Waals surface area (Å²) < 4.78 is 0.893. The number of halogens is 2. The van der Waals surface area contributed by atoms with Crippen LogP contribution in [0.3, 0.4) is 0 Å². The van der Waals surface area contributed by atoms with Gasteiger partial charge < -0.3 is 11.1 Å². The lowest BCUT2D eigenvalue weighted by Crippen LogP contribution is -2.13. The number of benzene rings is 2. The van der Waals surface area contributed by atoms with E-state index in [0.29, 0.717) is 22.0 Å². The number of carbonyl (C=O) groups excluding carboxylic acids is 1. The van der Waals surface area contributed by atoms with Gasteiger partial charge in [-0.15, -0.1) is 0 Å². The summed E-state index contributed by atoms with van der Waals surface area (Å²) in [7, 11) is 0. The highest BCUT2D eigenvalue weighted by Gasteiger charge is 2.10. The SMILES string of the molecule is Nc1cc(Cl)ccc1C(=O)Nc1cccc(Br)c1. The number of anilines is 2. The Bertz CT molecular complexity index is 601. The van der Waals surface area contributed by atoms with E-state index in [9.17, 15) is 4.79 Å². The highest BCUT2D eigenvalue weighted by molar-refractivity contribution is 9.10. The fraction of sp³-hybridized carbons (Fsp3) is 0. The number of hydrogen-bond donors (Lipinski definition) is 2. The van der Waals surface area contributed by atoms with Crippen molar-refractivity contribution in [1.29, 1.82) is 0 Å². The maximum absolute atomic E-state index is 12.0. The molecule has 0 aliphatic carbocycles. The molecule has 0 heterocycles. The van der Waals surface area contributed by atoms with Crippen LogP contribution >= 0.6 is 27.5 Å². The Balaban J connectivity index is 2.22. The first-order valence-electron chi connectivity index (χ1n) is 5.18. The van der Waals surface area contributed by atoms with Crippen LogP contribution in [0.4, 0.5) is 11.4 Å². The molecule has 0 bridgehead atoms. The average Bonchev–Trinajstić information content (AvgIpc) is 2.28. The van der Waals surface area contributed by atoms with Crippen LogP contribution in [0.1, 0.15) is 10.4 Å². The minimum atomic E-state index is -0.262. The predicted molar refractivity (Wildman–Crippen MR) is 78.0 cm³/mol. The van der Waals surface area contributed by atoms with Crippen LogP contribution in [0.2, 0.25) is 5.02 Å². The third kappa shape index (κ3) is 3.03. The molecule has 0 saturated heterocycles. The van der Waals surface area contributed by atoms with E-state index in [1.807, 2.05) is 18.2 Å². The number of nitrogens with one attached hydrogen (secondary N) is 1. The summed E-state index contributed by atoms with van der Waals surface area (Å²) in [4.78, 5) is 12.0. The first kappa shape index (κ1) is 12.9. The van der Waals surface area contributed by atoms with E-state index >= 15 is 0 Å². The molecule has 2 rings (SSSR count). The van der Waals surface area contributed by atoms with Crippen LogP contribution in [-0.4, -0.2) is 5.91 Å². The third-order valence-corrected chi connectivity index (χ3v) is 3.07. The Morgan fingerprint density at radius 2 is 2.00 bits per heavy atom. The summed E-state index contributed by atoms with van der Waals surface area (Å²) in [6.45, 7) is 0. The lowest BCUT2D eigenvalue weighted by molar-refractivity contribution is 0.102. The molecule has 18 heavy (non-hydrogen) atoms. The molecule has 0 saturated carbocycles. The molecule has 0 fully saturated rings. The minimum absolute atomic E-state index is 0.262. The molecule has 0 radical (unpaired) electrons. The molecule has 0 unspecified atom stereocenters. The molecule has 0 aliphatic rings. The maximum Gasteiger partial charge on any atom is 0.257 e. The smallest absolute Gasteiger partial charge is 0.257 e. The van der Waals surface area contributed by atoms with Crippen LogP contribution in [0.15, 0.2) is 46.9 Å². The van der Waals surface area contributed by atoms with Crippen LogP contribution in [-0.2, 0) is 0 Å². The fourth-order valence-electron chi connectivity index (χ4n) is 1.51. The van der Waals surface area contributed by atoms with E-state index in [1.165, 1.54) is 0 Å². The molecule has 0 atom stereocenters. The van der Waals surface area contributed by atoms with Gasteiger partial charge in [-0.25, -0.2) is 0 Å². The second kappa shape index (κ2) is 5.42. The van der Waals surface area contributed by atoms with Crippen molar-refractivity contribution in [2.45, 2.75) is 0 Å². The summed E-state index contributed by atoms with van der Waals surface area (Å²) in [5, 5.41) is 3.27. The summed E-state index contributed by atoms with van der Waals surface area (Å²) in [5.41, 5.74) is 7.21. The minimum Gasteiger partial charge on any atom is -0.398 e. The number of hydrogen-bond acceptors (Lipinski definition) is 2. The summed E-state index contributed by atoms with van der Waals surface area (Å²) in [5.74, 6) is -0.262. The molecule has 2 aromatic rings. The molecule has 3 N–H and O–H groups in total. The van der Waals surface area contributed by atoms with E-state index in [0.717, 1.165) is 4.47 Å². The van der Waals surface area contributed by atoms with Crippen molar-refractivity contribution in [2.75, 3.05) is 11.1 Å². The van der Waals surface area contributed by atoms with Gasteiger partial charge in [0.25, 0.3) is 5.91 Å². The Labute approximate surface area is 118 Å². The Morgan fingerprint density at radius 3 is 2.67 bits per heavy atom. The van der Waals surface area contributed by atoms with E-state index in [2.05, 4.69) is 21.2 Å². The predicted octanol–water partition coefficient (Wildman–Crippen LogP) is 3.94. The average molecular weight is 326 g/mol. The van der Waals surface area contributed by atoms with Crippen molar-refractivity contribution < 1.29 is 4.79 Å². The summed E-state index contributed by atoms with van der Waals surface area (Å²) in [6, 6.07) is 12.1. The molecule has 0 aliphatic heterocycles. The highest BCUT2D eigenvalue weighted by Crippen LogP contribution is 2.20. The van der Waals surface area contributed by atoms with Crippen LogP contribution in [0.25, 0.3) is 0 Å². The molecule has 2 aromatic carbocycles. The topological polar surface area (TPSA) is 55.1 Å². The molecule has 3 nitrogen and oxygen atoms in total. The standard InChI is InChI=1S/C13H10BrClN2O/c14-8-2-1-3-10(6-8)17-13(18)11-5-4-9(15)7-12(11)16/h1-7H,16H2,(H,17,18). The summed E-state index contributed by atoms with van der Waals surface area (Å²) in [6.07, 6.45) is 0. The zero-order valence-electron chi connectivity index (χ0n) is 9.28. The first-order chi connectivity index (χ1) is 8.56. The van der Waals surface area contributed by atoms with Crippen molar-refractivity contribution in [3.63, 3.8) is 0 Å². The van der Waals surface area contributed by atoms with Crippen LogP contribution in [0.5, 0.6) is 0 Å². The quantitative estimate of drug-likeness (QED) is 0.822. The van der Waals surface area contributed by atoms with Gasteiger partial charge in [-0.05, 0) is 36.4 Å². The van der Waals surface area contributed by atoms with E-state index in [1.54, 1.807) is 24.3 Å². The second-order valence-corrected chi connectivity index (χ2v) is 5.05. The normalized spacial score (nSPS) is 10.1. The van der Waals surface area contributed by atoms with Gasteiger partial charge >= 0.3 is 0 Å². The van der Waals surface area contributed by atoms with Crippen molar-refractivity contribution in [3.8, 4) is 0 Å². The van der Waals surface area contributed by atoms with Gasteiger partial charge in [0.2, 0.25) is 0 Å². The number of nitrogen functional groups attached to an aromatic ring is 1.